The Morgan fingerprint density at radius 3 is 1.50 bits per heavy atom. The maximum absolute atomic E-state index is 6.84. The van der Waals surface area contributed by atoms with Crippen LogP contribution in [0, 0.1) is 0 Å². The third-order valence-electron chi connectivity index (χ3n) is 4.48. The van der Waals surface area contributed by atoms with Crippen molar-refractivity contribution in [3.8, 4) is 0 Å². The Hall–Kier alpha value is -1.91. The summed E-state index contributed by atoms with van der Waals surface area (Å²) in [7, 11) is 0. The second-order valence-electron chi connectivity index (χ2n) is 6.31. The zero-order chi connectivity index (χ0) is 18.2. The van der Waals surface area contributed by atoms with Crippen LogP contribution in [0.4, 0.5) is 0 Å². The van der Waals surface area contributed by atoms with E-state index in [0.717, 1.165) is 23.1 Å². The number of hydrogen-bond donors (Lipinski definition) is 0. The number of rotatable bonds is 7. The van der Waals surface area contributed by atoms with Gasteiger partial charge in [0.15, 0.2) is 0 Å². The van der Waals surface area contributed by atoms with Crippen molar-refractivity contribution < 1.29 is 4.74 Å². The summed E-state index contributed by atoms with van der Waals surface area (Å²) < 4.78 is 8.89. The Balaban J connectivity index is 2.21. The second kappa shape index (κ2) is 9.15. The Morgan fingerprint density at radius 1 is 0.769 bits per heavy atom. The average Bonchev–Trinajstić information content (AvgIpc) is 2.72. The molecular weight excluding hydrogens is 431 g/mol. The Labute approximate surface area is 169 Å². The summed E-state index contributed by atoms with van der Waals surface area (Å²) in [5, 5.41) is 0. The predicted octanol–water partition coefficient (Wildman–Crippen LogP) is 6.72. The molecule has 0 bridgehead atoms. The van der Waals surface area contributed by atoms with Crippen molar-refractivity contribution in [3.05, 3.63) is 118 Å². The summed E-state index contributed by atoms with van der Waals surface area (Å²) in [6, 6.07) is 31.5. The fourth-order valence-corrected chi connectivity index (χ4v) is 3.61. The molecule has 132 valence electrons. The second-order valence-corrected chi connectivity index (χ2v) is 7.02. The molecule has 0 aromatic heterocycles. The molecule has 3 aromatic rings. The summed E-state index contributed by atoms with van der Waals surface area (Å²) in [4.78, 5) is 0. The van der Waals surface area contributed by atoms with Crippen molar-refractivity contribution in [1.82, 2.24) is 0 Å². The first-order chi connectivity index (χ1) is 12.8. The monoisotopic (exact) mass is 454 g/mol. The van der Waals surface area contributed by atoms with E-state index in [9.17, 15) is 0 Å². The van der Waals surface area contributed by atoms with Gasteiger partial charge in [0.05, 0.1) is 6.10 Å². The number of ether oxygens (including phenoxy) is 1. The van der Waals surface area contributed by atoms with Crippen LogP contribution < -0.4 is 0 Å². The van der Waals surface area contributed by atoms with E-state index in [4.69, 9.17) is 4.74 Å². The third kappa shape index (κ3) is 4.08. The maximum atomic E-state index is 6.84. The van der Waals surface area contributed by atoms with Gasteiger partial charge in [0.2, 0.25) is 0 Å². The third-order valence-corrected chi connectivity index (χ3v) is 4.98. The van der Waals surface area contributed by atoms with Gasteiger partial charge in [0.1, 0.15) is 5.60 Å². The Bertz CT molecular complexity index is 716. The van der Waals surface area contributed by atoms with Gasteiger partial charge in [-0.15, -0.1) is 0 Å². The van der Waals surface area contributed by atoms with Crippen LogP contribution in [-0.4, -0.2) is 6.10 Å². The molecular formula is C24H23IO. The van der Waals surface area contributed by atoms with E-state index in [2.05, 4.69) is 108 Å². The first kappa shape index (κ1) is 18.9. The van der Waals surface area contributed by atoms with Gasteiger partial charge < -0.3 is 4.74 Å². The predicted molar refractivity (Wildman–Crippen MR) is 118 cm³/mol. The molecule has 0 spiro atoms. The summed E-state index contributed by atoms with van der Waals surface area (Å²) in [6.07, 6.45) is 3.09. The lowest BCUT2D eigenvalue weighted by molar-refractivity contribution is -0.0366. The zero-order valence-corrected chi connectivity index (χ0v) is 17.0. The van der Waals surface area contributed by atoms with E-state index >= 15 is 0 Å². The van der Waals surface area contributed by atoms with E-state index in [1.54, 1.807) is 0 Å². The Kier molecular flexibility index (Phi) is 6.64. The van der Waals surface area contributed by atoms with Crippen molar-refractivity contribution >= 4 is 22.6 Å². The van der Waals surface area contributed by atoms with Crippen LogP contribution in [0.3, 0.4) is 0 Å². The van der Waals surface area contributed by atoms with Crippen LogP contribution in [-0.2, 0) is 10.3 Å². The number of hydrogen-bond acceptors (Lipinski definition) is 1. The molecule has 0 saturated carbocycles. The molecule has 1 unspecified atom stereocenters. The summed E-state index contributed by atoms with van der Waals surface area (Å²) in [5.74, 6) is 0. The molecule has 0 N–H and O–H groups in total. The topological polar surface area (TPSA) is 9.23 Å². The maximum Gasteiger partial charge on any atom is 0.144 e. The van der Waals surface area contributed by atoms with E-state index in [1.165, 1.54) is 0 Å². The molecule has 0 aliphatic carbocycles. The molecule has 2 heteroatoms. The van der Waals surface area contributed by atoms with E-state index in [-0.39, 0.29) is 6.10 Å². The van der Waals surface area contributed by atoms with Crippen molar-refractivity contribution in [1.29, 1.82) is 0 Å². The first-order valence-corrected chi connectivity index (χ1v) is 10.1. The van der Waals surface area contributed by atoms with Gasteiger partial charge in [0.25, 0.3) is 0 Å². The molecule has 1 atom stereocenters. The summed E-state index contributed by atoms with van der Waals surface area (Å²) in [6.45, 7) is 2.14. The standard InChI is InChI=1S/C24H23IO/c1-20(12-11-19-25)26-24(21-13-5-2-6-14-21,22-15-7-3-8-16-22)23-17-9-4-10-18-23/h2-11,13-20H,12H2,1H3. The molecule has 0 heterocycles. The highest BCUT2D eigenvalue weighted by atomic mass is 127. The molecule has 0 saturated heterocycles. The lowest BCUT2D eigenvalue weighted by Crippen LogP contribution is -2.36. The average molecular weight is 454 g/mol. The fourth-order valence-electron chi connectivity index (χ4n) is 3.32. The van der Waals surface area contributed by atoms with Gasteiger partial charge >= 0.3 is 0 Å². The molecule has 0 amide bonds. The minimum absolute atomic E-state index is 0.0710. The molecule has 0 aliphatic rings. The lowest BCUT2D eigenvalue weighted by Gasteiger charge is -2.38. The molecule has 0 radical (unpaired) electrons. The molecule has 3 rings (SSSR count). The molecule has 0 aliphatic heterocycles. The number of halogens is 1. The quantitative estimate of drug-likeness (QED) is 0.284. The highest BCUT2D eigenvalue weighted by molar-refractivity contribution is 14.1. The van der Waals surface area contributed by atoms with Crippen LogP contribution in [0.5, 0.6) is 0 Å². The fraction of sp³-hybridized carbons (Fsp3) is 0.167. The highest BCUT2D eigenvalue weighted by Gasteiger charge is 2.38. The van der Waals surface area contributed by atoms with Crippen molar-refractivity contribution in [2.45, 2.75) is 25.0 Å². The molecule has 0 fully saturated rings. The highest BCUT2D eigenvalue weighted by Crippen LogP contribution is 2.41. The van der Waals surface area contributed by atoms with Gasteiger partial charge in [-0.1, -0.05) is 120 Å². The largest absolute Gasteiger partial charge is 0.358 e. The van der Waals surface area contributed by atoms with E-state index in [1.807, 2.05) is 22.3 Å². The number of benzene rings is 3. The first-order valence-electron chi connectivity index (χ1n) is 8.87. The summed E-state index contributed by atoms with van der Waals surface area (Å²) in [5.41, 5.74) is 2.79. The van der Waals surface area contributed by atoms with Crippen LogP contribution in [0.1, 0.15) is 30.0 Å². The van der Waals surface area contributed by atoms with Crippen molar-refractivity contribution in [2.75, 3.05) is 0 Å². The van der Waals surface area contributed by atoms with Gasteiger partial charge in [-0.3, -0.25) is 0 Å². The van der Waals surface area contributed by atoms with E-state index < -0.39 is 5.60 Å². The minimum atomic E-state index is -0.637. The van der Waals surface area contributed by atoms with Crippen LogP contribution in [0.2, 0.25) is 0 Å². The lowest BCUT2D eigenvalue weighted by atomic mass is 9.80. The minimum Gasteiger partial charge on any atom is -0.358 e. The smallest absolute Gasteiger partial charge is 0.144 e. The Morgan fingerprint density at radius 2 is 1.15 bits per heavy atom. The van der Waals surface area contributed by atoms with Crippen LogP contribution in [0.25, 0.3) is 0 Å². The van der Waals surface area contributed by atoms with Gasteiger partial charge in [-0.2, -0.15) is 0 Å². The van der Waals surface area contributed by atoms with Crippen LogP contribution >= 0.6 is 22.6 Å². The molecule has 26 heavy (non-hydrogen) atoms. The SMILES string of the molecule is CC(CC=CI)OC(c1ccccc1)(c1ccccc1)c1ccccc1. The van der Waals surface area contributed by atoms with Crippen LogP contribution in [0.15, 0.2) is 101 Å². The normalized spacial score (nSPS) is 13.0. The van der Waals surface area contributed by atoms with Gasteiger partial charge in [-0.25, -0.2) is 0 Å². The molecule has 3 aromatic carbocycles. The summed E-state index contributed by atoms with van der Waals surface area (Å²) >= 11 is 2.26. The van der Waals surface area contributed by atoms with Crippen molar-refractivity contribution in [2.24, 2.45) is 0 Å². The molecule has 1 nitrogen and oxygen atoms in total. The van der Waals surface area contributed by atoms with E-state index in [0.29, 0.717) is 0 Å². The van der Waals surface area contributed by atoms with Gasteiger partial charge in [-0.05, 0) is 34.1 Å². The van der Waals surface area contributed by atoms with Crippen molar-refractivity contribution in [3.63, 3.8) is 0 Å². The zero-order valence-electron chi connectivity index (χ0n) is 14.9. The van der Waals surface area contributed by atoms with Gasteiger partial charge in [0, 0.05) is 0 Å².